The van der Waals surface area contributed by atoms with E-state index in [9.17, 15) is 14.7 Å². The quantitative estimate of drug-likeness (QED) is 0.827. The van der Waals surface area contributed by atoms with Crippen LogP contribution in [0.2, 0.25) is 0 Å². The molecule has 2 aliphatic rings. The summed E-state index contributed by atoms with van der Waals surface area (Å²) in [5, 5.41) is 19.3. The van der Waals surface area contributed by atoms with Crippen LogP contribution < -0.4 is 0 Å². The number of hydrogen-bond donors (Lipinski definition) is 2. The highest BCUT2D eigenvalue weighted by Gasteiger charge is 2.34. The lowest BCUT2D eigenvalue weighted by atomic mass is 10.1. The van der Waals surface area contributed by atoms with Gasteiger partial charge in [0.05, 0.1) is 12.1 Å². The van der Waals surface area contributed by atoms with Gasteiger partial charge in [-0.15, -0.1) is 0 Å². The molecule has 120 valence electrons. The fourth-order valence-electron chi connectivity index (χ4n) is 3.45. The summed E-state index contributed by atoms with van der Waals surface area (Å²) in [5.41, 5.74) is 0.235. The van der Waals surface area contributed by atoms with Crippen molar-refractivity contribution in [2.75, 3.05) is 26.2 Å². The Kier molecular flexibility index (Phi) is 4.37. The molecule has 0 spiro atoms. The number of aromatic amines is 1. The average Bonchev–Trinajstić information content (AvgIpc) is 3.16. The van der Waals surface area contributed by atoms with Gasteiger partial charge in [-0.3, -0.25) is 14.5 Å². The number of H-pyrrole nitrogens is 1. The number of carboxylic acids is 1. The molecule has 1 atom stereocenters. The van der Waals surface area contributed by atoms with Crippen molar-refractivity contribution < 1.29 is 14.7 Å². The first-order valence-electron chi connectivity index (χ1n) is 7.77. The number of rotatable bonds is 3. The van der Waals surface area contributed by atoms with Crippen LogP contribution in [0, 0.1) is 5.92 Å². The SMILES string of the molecule is O=C(O)[C@H]1CN(C(=O)c2cn[nH]n2)CCN(C2CCCC2)C1. The molecule has 1 aromatic heterocycles. The standard InChI is InChI=1S/C14H21N5O3/c20-13(12-7-15-17-16-12)19-6-5-18(11-3-1-2-4-11)8-10(9-19)14(21)22/h7,10-11H,1-6,8-9H2,(H,21,22)(H,15,16,17)/t10-/m1/s1. The van der Waals surface area contributed by atoms with Crippen LogP contribution in [0.3, 0.4) is 0 Å². The summed E-state index contributed by atoms with van der Waals surface area (Å²) in [6, 6.07) is 0.462. The van der Waals surface area contributed by atoms with Crippen LogP contribution in [-0.2, 0) is 4.79 Å². The van der Waals surface area contributed by atoms with Gasteiger partial charge in [-0.2, -0.15) is 15.4 Å². The van der Waals surface area contributed by atoms with Gasteiger partial charge in [-0.05, 0) is 12.8 Å². The van der Waals surface area contributed by atoms with Gasteiger partial charge >= 0.3 is 5.97 Å². The summed E-state index contributed by atoms with van der Waals surface area (Å²) in [7, 11) is 0. The molecule has 0 radical (unpaired) electrons. The van der Waals surface area contributed by atoms with E-state index in [1.807, 2.05) is 0 Å². The van der Waals surface area contributed by atoms with Crippen LogP contribution in [0.4, 0.5) is 0 Å². The molecular weight excluding hydrogens is 286 g/mol. The lowest BCUT2D eigenvalue weighted by molar-refractivity contribution is -0.142. The molecule has 8 heteroatoms. The van der Waals surface area contributed by atoms with Crippen LogP contribution in [0.1, 0.15) is 36.2 Å². The Bertz CT molecular complexity index is 527. The van der Waals surface area contributed by atoms with Crippen LogP contribution in [0.15, 0.2) is 6.20 Å². The first-order valence-corrected chi connectivity index (χ1v) is 7.77. The van der Waals surface area contributed by atoms with E-state index in [1.54, 1.807) is 4.90 Å². The topological polar surface area (TPSA) is 102 Å². The molecule has 1 aliphatic carbocycles. The Morgan fingerprint density at radius 1 is 1.23 bits per heavy atom. The van der Waals surface area contributed by atoms with Crippen molar-refractivity contribution in [3.63, 3.8) is 0 Å². The van der Waals surface area contributed by atoms with Crippen LogP contribution >= 0.6 is 0 Å². The molecule has 0 aromatic carbocycles. The summed E-state index contributed by atoms with van der Waals surface area (Å²) >= 11 is 0. The van der Waals surface area contributed by atoms with Crippen molar-refractivity contribution in [1.82, 2.24) is 25.2 Å². The maximum absolute atomic E-state index is 12.4. The van der Waals surface area contributed by atoms with E-state index >= 15 is 0 Å². The number of aliphatic carboxylic acids is 1. The third-order valence-electron chi connectivity index (χ3n) is 4.66. The molecule has 1 saturated heterocycles. The number of amides is 1. The number of nitrogens with zero attached hydrogens (tertiary/aromatic N) is 4. The fraction of sp³-hybridized carbons (Fsp3) is 0.714. The third kappa shape index (κ3) is 3.11. The van der Waals surface area contributed by atoms with Gasteiger partial charge in [0.2, 0.25) is 0 Å². The van der Waals surface area contributed by atoms with E-state index in [4.69, 9.17) is 0 Å². The summed E-state index contributed by atoms with van der Waals surface area (Å²) in [4.78, 5) is 27.8. The zero-order chi connectivity index (χ0) is 15.5. The molecular formula is C14H21N5O3. The van der Waals surface area contributed by atoms with E-state index < -0.39 is 11.9 Å². The van der Waals surface area contributed by atoms with Gasteiger partial charge < -0.3 is 10.0 Å². The van der Waals surface area contributed by atoms with Gasteiger partial charge in [-0.25, -0.2) is 0 Å². The molecule has 1 saturated carbocycles. The Labute approximate surface area is 128 Å². The van der Waals surface area contributed by atoms with Crippen molar-refractivity contribution in [3.05, 3.63) is 11.9 Å². The maximum Gasteiger partial charge on any atom is 0.309 e. The largest absolute Gasteiger partial charge is 0.481 e. The van der Waals surface area contributed by atoms with E-state index in [1.165, 1.54) is 19.0 Å². The molecule has 22 heavy (non-hydrogen) atoms. The summed E-state index contributed by atoms with van der Waals surface area (Å²) in [6.07, 6.45) is 6.05. The second-order valence-corrected chi connectivity index (χ2v) is 6.07. The molecule has 1 amide bonds. The maximum atomic E-state index is 12.4. The lowest BCUT2D eigenvalue weighted by Gasteiger charge is -2.28. The van der Waals surface area contributed by atoms with E-state index in [-0.39, 0.29) is 18.1 Å². The van der Waals surface area contributed by atoms with Crippen molar-refractivity contribution in [2.24, 2.45) is 5.92 Å². The van der Waals surface area contributed by atoms with Gasteiger partial charge in [0.25, 0.3) is 5.91 Å². The Morgan fingerprint density at radius 2 is 2.00 bits per heavy atom. The second-order valence-electron chi connectivity index (χ2n) is 6.07. The highest BCUT2D eigenvalue weighted by Crippen LogP contribution is 2.25. The monoisotopic (exact) mass is 307 g/mol. The molecule has 8 nitrogen and oxygen atoms in total. The van der Waals surface area contributed by atoms with Crippen molar-refractivity contribution in [2.45, 2.75) is 31.7 Å². The number of carboxylic acid groups (broad SMARTS) is 1. The number of aromatic nitrogens is 3. The summed E-state index contributed by atoms with van der Waals surface area (Å²) in [5.74, 6) is -1.66. The van der Waals surface area contributed by atoms with Crippen LogP contribution in [0.25, 0.3) is 0 Å². The molecule has 0 unspecified atom stereocenters. The van der Waals surface area contributed by atoms with Crippen LogP contribution in [-0.4, -0.2) is 74.4 Å². The minimum atomic E-state index is -0.845. The first-order chi connectivity index (χ1) is 10.6. The zero-order valence-corrected chi connectivity index (χ0v) is 12.4. The summed E-state index contributed by atoms with van der Waals surface area (Å²) < 4.78 is 0. The molecule has 2 fully saturated rings. The number of nitrogens with one attached hydrogen (secondary N) is 1. The predicted octanol–water partition coefficient (Wildman–Crippen LogP) is 0.206. The Hall–Kier alpha value is -1.96. The Morgan fingerprint density at radius 3 is 2.64 bits per heavy atom. The highest BCUT2D eigenvalue weighted by molar-refractivity contribution is 5.92. The van der Waals surface area contributed by atoms with E-state index in [0.717, 1.165) is 19.4 Å². The number of carbonyl (C=O) groups is 2. The fourth-order valence-corrected chi connectivity index (χ4v) is 3.45. The number of carbonyl (C=O) groups excluding carboxylic acids is 1. The van der Waals surface area contributed by atoms with Gasteiger partial charge in [-0.1, -0.05) is 12.8 Å². The smallest absolute Gasteiger partial charge is 0.309 e. The first kappa shape index (κ1) is 15.0. The molecule has 0 bridgehead atoms. The van der Waals surface area contributed by atoms with Gasteiger partial charge in [0.15, 0.2) is 5.69 Å². The second kappa shape index (κ2) is 6.43. The van der Waals surface area contributed by atoms with Crippen molar-refractivity contribution in [3.8, 4) is 0 Å². The minimum Gasteiger partial charge on any atom is -0.481 e. The van der Waals surface area contributed by atoms with Crippen molar-refractivity contribution >= 4 is 11.9 Å². The van der Waals surface area contributed by atoms with Gasteiger partial charge in [0.1, 0.15) is 0 Å². The minimum absolute atomic E-state index is 0.226. The highest BCUT2D eigenvalue weighted by atomic mass is 16.4. The molecule has 1 aliphatic heterocycles. The van der Waals surface area contributed by atoms with Crippen LogP contribution in [0.5, 0.6) is 0 Å². The number of hydrogen-bond acceptors (Lipinski definition) is 5. The third-order valence-corrected chi connectivity index (χ3v) is 4.66. The van der Waals surface area contributed by atoms with E-state index in [0.29, 0.717) is 19.1 Å². The predicted molar refractivity (Wildman–Crippen MR) is 77.2 cm³/mol. The molecule has 3 rings (SSSR count). The average molecular weight is 307 g/mol. The molecule has 1 aromatic rings. The summed E-state index contributed by atoms with van der Waals surface area (Å²) in [6.45, 7) is 2.00. The van der Waals surface area contributed by atoms with Crippen molar-refractivity contribution in [1.29, 1.82) is 0 Å². The lowest BCUT2D eigenvalue weighted by Crippen LogP contribution is -2.39. The van der Waals surface area contributed by atoms with E-state index in [2.05, 4.69) is 20.3 Å². The van der Waals surface area contributed by atoms with Gasteiger partial charge in [0, 0.05) is 32.2 Å². The zero-order valence-electron chi connectivity index (χ0n) is 12.4. The normalized spacial score (nSPS) is 24.4. The molecule has 2 heterocycles. The Balaban J connectivity index is 1.73. The molecule has 2 N–H and O–H groups in total.